The highest BCUT2D eigenvalue weighted by Crippen LogP contribution is 2.28. The minimum absolute atomic E-state index is 0.0911. The molecule has 0 aromatic heterocycles. The molecule has 2 aliphatic heterocycles. The van der Waals surface area contributed by atoms with E-state index in [0.29, 0.717) is 6.54 Å². The summed E-state index contributed by atoms with van der Waals surface area (Å²) in [7, 11) is 0. The van der Waals surface area contributed by atoms with Crippen molar-refractivity contribution in [2.45, 2.75) is 30.8 Å². The Hall–Kier alpha value is -0.160. The van der Waals surface area contributed by atoms with Gasteiger partial charge in [0.05, 0.1) is 12.2 Å². The minimum Gasteiger partial charge on any atom is -0.389 e. The summed E-state index contributed by atoms with van der Waals surface area (Å²) < 4.78 is 0. The van der Waals surface area contributed by atoms with Crippen LogP contribution < -0.4 is 0 Å². The van der Waals surface area contributed by atoms with Crippen LogP contribution in [0.3, 0.4) is 0 Å². The van der Waals surface area contributed by atoms with Gasteiger partial charge in [-0.15, -0.1) is 0 Å². The average Bonchev–Trinajstić information content (AvgIpc) is 1.93. The van der Waals surface area contributed by atoms with Crippen LogP contribution in [0.25, 0.3) is 0 Å². The van der Waals surface area contributed by atoms with Gasteiger partial charge in [-0.1, -0.05) is 0 Å². The maximum atomic E-state index is 9.39. The normalized spacial score (nSPS) is 51.5. The molecule has 0 radical (unpaired) electrons. The molecule has 2 rings (SSSR count). The molecule has 0 aromatic carbocycles. The molecule has 64 valence electrons. The Morgan fingerprint density at radius 1 is 1.09 bits per heavy atom. The SMILES string of the molecule is O[C@@H]1[C@H](O)[C@@H](O)CN2CC[C@H]12. The summed E-state index contributed by atoms with van der Waals surface area (Å²) in [6.07, 6.45) is -1.55. The molecule has 2 aliphatic rings. The second-order valence-electron chi connectivity index (χ2n) is 3.40. The number of rotatable bonds is 0. The first-order valence-corrected chi connectivity index (χ1v) is 3.98. The number of fused-ring (bicyclic) bond motifs is 1. The monoisotopic (exact) mass is 159 g/mol. The van der Waals surface area contributed by atoms with E-state index in [1.54, 1.807) is 0 Å². The molecule has 0 spiro atoms. The van der Waals surface area contributed by atoms with Gasteiger partial charge in [0.2, 0.25) is 0 Å². The van der Waals surface area contributed by atoms with Gasteiger partial charge in [0, 0.05) is 19.1 Å². The number of piperidine rings is 1. The molecule has 0 unspecified atom stereocenters. The molecule has 3 N–H and O–H groups in total. The first kappa shape index (κ1) is 7.49. The van der Waals surface area contributed by atoms with E-state index >= 15 is 0 Å². The van der Waals surface area contributed by atoms with Crippen molar-refractivity contribution in [3.8, 4) is 0 Å². The molecule has 0 bridgehead atoms. The topological polar surface area (TPSA) is 63.9 Å². The molecule has 2 saturated heterocycles. The molecule has 4 nitrogen and oxygen atoms in total. The van der Waals surface area contributed by atoms with E-state index in [1.807, 2.05) is 4.90 Å². The van der Waals surface area contributed by atoms with Crippen LogP contribution in [0, 0.1) is 0 Å². The van der Waals surface area contributed by atoms with Gasteiger partial charge < -0.3 is 15.3 Å². The van der Waals surface area contributed by atoms with Crippen molar-refractivity contribution in [2.75, 3.05) is 13.1 Å². The van der Waals surface area contributed by atoms with Crippen molar-refractivity contribution in [1.82, 2.24) is 4.90 Å². The highest BCUT2D eigenvalue weighted by molar-refractivity contribution is 4.99. The number of hydrogen-bond acceptors (Lipinski definition) is 4. The van der Waals surface area contributed by atoms with Crippen LogP contribution in [0.5, 0.6) is 0 Å². The predicted molar refractivity (Wildman–Crippen MR) is 38.0 cm³/mol. The predicted octanol–water partition coefficient (Wildman–Crippen LogP) is -1.84. The molecule has 0 aromatic rings. The lowest BCUT2D eigenvalue weighted by Crippen LogP contribution is -2.66. The highest BCUT2D eigenvalue weighted by atomic mass is 16.4. The van der Waals surface area contributed by atoms with E-state index in [2.05, 4.69) is 0 Å². The second kappa shape index (κ2) is 2.42. The van der Waals surface area contributed by atoms with Gasteiger partial charge in [-0.2, -0.15) is 0 Å². The number of hydrogen-bond donors (Lipinski definition) is 3. The van der Waals surface area contributed by atoms with Gasteiger partial charge in [0.25, 0.3) is 0 Å². The average molecular weight is 159 g/mol. The van der Waals surface area contributed by atoms with Gasteiger partial charge in [0.1, 0.15) is 6.10 Å². The number of aliphatic hydroxyl groups excluding tert-OH is 3. The van der Waals surface area contributed by atoms with Crippen molar-refractivity contribution in [3.05, 3.63) is 0 Å². The fraction of sp³-hybridized carbons (Fsp3) is 1.00. The van der Waals surface area contributed by atoms with Gasteiger partial charge in [-0.3, -0.25) is 4.90 Å². The summed E-state index contributed by atoms with van der Waals surface area (Å²) >= 11 is 0. The Labute approximate surface area is 65.1 Å². The summed E-state index contributed by atoms with van der Waals surface area (Å²) in [5.41, 5.74) is 0. The van der Waals surface area contributed by atoms with Crippen LogP contribution >= 0.6 is 0 Å². The Morgan fingerprint density at radius 2 is 1.82 bits per heavy atom. The molecule has 0 amide bonds. The van der Waals surface area contributed by atoms with Crippen molar-refractivity contribution >= 4 is 0 Å². The number of nitrogens with zero attached hydrogens (tertiary/aromatic N) is 1. The van der Waals surface area contributed by atoms with Gasteiger partial charge in [-0.05, 0) is 6.42 Å². The summed E-state index contributed by atoms with van der Waals surface area (Å²) in [4.78, 5) is 2.00. The van der Waals surface area contributed by atoms with Crippen LogP contribution in [-0.4, -0.2) is 57.7 Å². The summed E-state index contributed by atoms with van der Waals surface area (Å²) in [6.45, 7) is 1.44. The highest BCUT2D eigenvalue weighted by Gasteiger charge is 2.45. The Morgan fingerprint density at radius 3 is 2.36 bits per heavy atom. The summed E-state index contributed by atoms with van der Waals surface area (Å²) in [5.74, 6) is 0. The van der Waals surface area contributed by atoms with Crippen LogP contribution in [-0.2, 0) is 0 Å². The Bertz CT molecular complexity index is 158. The maximum absolute atomic E-state index is 9.39. The molecule has 2 heterocycles. The van der Waals surface area contributed by atoms with E-state index in [9.17, 15) is 15.3 Å². The van der Waals surface area contributed by atoms with E-state index in [-0.39, 0.29) is 6.04 Å². The van der Waals surface area contributed by atoms with Crippen LogP contribution in [0.15, 0.2) is 0 Å². The van der Waals surface area contributed by atoms with Gasteiger partial charge in [-0.25, -0.2) is 0 Å². The summed E-state index contributed by atoms with van der Waals surface area (Å²) in [5, 5.41) is 27.8. The van der Waals surface area contributed by atoms with Gasteiger partial charge in [0.15, 0.2) is 0 Å². The molecule has 0 aliphatic carbocycles. The fourth-order valence-electron chi connectivity index (χ4n) is 1.88. The summed E-state index contributed by atoms with van der Waals surface area (Å²) in [6, 6.07) is 0.0911. The van der Waals surface area contributed by atoms with Crippen LogP contribution in [0.4, 0.5) is 0 Å². The molecule has 4 heteroatoms. The lowest BCUT2D eigenvalue weighted by molar-refractivity contribution is -0.164. The third kappa shape index (κ3) is 0.980. The fourth-order valence-corrected chi connectivity index (χ4v) is 1.88. The van der Waals surface area contributed by atoms with Crippen molar-refractivity contribution in [1.29, 1.82) is 0 Å². The van der Waals surface area contributed by atoms with E-state index in [4.69, 9.17) is 0 Å². The molecular weight excluding hydrogens is 146 g/mol. The van der Waals surface area contributed by atoms with Gasteiger partial charge >= 0.3 is 0 Å². The smallest absolute Gasteiger partial charge is 0.108 e. The first-order chi connectivity index (χ1) is 5.20. The van der Waals surface area contributed by atoms with Crippen molar-refractivity contribution in [2.24, 2.45) is 0 Å². The quantitative estimate of drug-likeness (QED) is 0.388. The third-order valence-corrected chi connectivity index (χ3v) is 2.74. The molecule has 4 atom stereocenters. The standard InChI is InChI=1S/C7H13NO3/c9-5-3-8-2-1-4(8)6(10)7(5)11/h4-7,9-11H,1-3H2/t4-,5+,6+,7-/m1/s1. The Kier molecular flexibility index (Phi) is 1.64. The van der Waals surface area contributed by atoms with E-state index in [0.717, 1.165) is 13.0 Å². The third-order valence-electron chi connectivity index (χ3n) is 2.74. The number of aliphatic hydroxyl groups is 3. The largest absolute Gasteiger partial charge is 0.389 e. The minimum atomic E-state index is -0.948. The molecule has 2 fully saturated rings. The van der Waals surface area contributed by atoms with Crippen LogP contribution in [0.2, 0.25) is 0 Å². The Balaban J connectivity index is 2.06. The lowest BCUT2D eigenvalue weighted by atomic mass is 9.86. The zero-order valence-corrected chi connectivity index (χ0v) is 6.22. The van der Waals surface area contributed by atoms with Crippen molar-refractivity contribution in [3.63, 3.8) is 0 Å². The maximum Gasteiger partial charge on any atom is 0.108 e. The lowest BCUT2D eigenvalue weighted by Gasteiger charge is -2.50. The molecule has 11 heavy (non-hydrogen) atoms. The van der Waals surface area contributed by atoms with Crippen LogP contribution in [0.1, 0.15) is 6.42 Å². The van der Waals surface area contributed by atoms with E-state index in [1.165, 1.54) is 0 Å². The molecule has 0 saturated carbocycles. The zero-order chi connectivity index (χ0) is 8.01. The van der Waals surface area contributed by atoms with Crippen molar-refractivity contribution < 1.29 is 15.3 Å². The molecular formula is C7H13NO3. The first-order valence-electron chi connectivity index (χ1n) is 3.98. The second-order valence-corrected chi connectivity index (χ2v) is 3.40. The van der Waals surface area contributed by atoms with E-state index < -0.39 is 18.3 Å². The zero-order valence-electron chi connectivity index (χ0n) is 6.22.